The summed E-state index contributed by atoms with van der Waals surface area (Å²) in [6, 6.07) is 7.31. The fraction of sp³-hybridized carbons (Fsp3) is 0.594. The maximum Gasteiger partial charge on any atom is 0.234 e. The number of carbonyl (C=O) groups excluding carboxylic acids is 1. The van der Waals surface area contributed by atoms with Gasteiger partial charge in [-0.25, -0.2) is 4.98 Å². The van der Waals surface area contributed by atoms with Crippen LogP contribution in [0.2, 0.25) is 0 Å². The number of benzene rings is 1. The molecule has 3 aliphatic carbocycles. The van der Waals surface area contributed by atoms with Crippen molar-refractivity contribution < 1.29 is 9.53 Å². The van der Waals surface area contributed by atoms with E-state index in [9.17, 15) is 4.79 Å². The topological polar surface area (TPSA) is 85.9 Å². The lowest BCUT2D eigenvalue weighted by Crippen LogP contribution is -2.41. The lowest BCUT2D eigenvalue weighted by atomic mass is 10.0. The standard InChI is InChI=1S/C32H43N7O2/c1-37-16-12-23(13-17-37)34-28(21-8-9-21)22-10-11-25(27(18-22)41-3)35-31-33-19-26-29(36-31)39(24-6-4-5-7-24)20-32(14-15-32)30(40)38(26)2/h10-11,18-19,23-24,34H,4-9,12-17,20H2,1-3H3,(H,33,35,36). The van der Waals surface area contributed by atoms with Crippen LogP contribution in [0, 0.1) is 5.41 Å². The third kappa shape index (κ3) is 5.13. The number of allylic oxidation sites excluding steroid dienone is 1. The van der Waals surface area contributed by atoms with E-state index < -0.39 is 0 Å². The summed E-state index contributed by atoms with van der Waals surface area (Å²) in [7, 11) is 5.80. The van der Waals surface area contributed by atoms with E-state index in [1.165, 1.54) is 42.5 Å². The number of carbonyl (C=O) groups is 1. The van der Waals surface area contributed by atoms with Gasteiger partial charge in [-0.05, 0) is 89.2 Å². The minimum Gasteiger partial charge on any atom is -0.495 e. The van der Waals surface area contributed by atoms with Crippen LogP contribution in [0.5, 0.6) is 5.75 Å². The van der Waals surface area contributed by atoms with Gasteiger partial charge in [-0.15, -0.1) is 0 Å². The van der Waals surface area contributed by atoms with Gasteiger partial charge in [0.25, 0.3) is 0 Å². The number of nitrogens with one attached hydrogen (secondary N) is 2. The molecule has 0 radical (unpaired) electrons. The van der Waals surface area contributed by atoms with Gasteiger partial charge in [0.1, 0.15) is 11.4 Å². The highest BCUT2D eigenvalue weighted by atomic mass is 16.5. The zero-order chi connectivity index (χ0) is 28.1. The Morgan fingerprint density at radius 3 is 2.51 bits per heavy atom. The molecule has 9 heteroatoms. The van der Waals surface area contributed by atoms with Gasteiger partial charge in [-0.3, -0.25) is 4.79 Å². The van der Waals surface area contributed by atoms with E-state index in [0.29, 0.717) is 18.0 Å². The van der Waals surface area contributed by atoms with Gasteiger partial charge in [0.05, 0.1) is 24.4 Å². The summed E-state index contributed by atoms with van der Waals surface area (Å²) in [5.74, 6) is 2.36. The van der Waals surface area contributed by atoms with E-state index in [2.05, 4.69) is 50.7 Å². The summed E-state index contributed by atoms with van der Waals surface area (Å²) in [6.07, 6.45) is 13.2. The molecule has 5 aliphatic rings. The lowest BCUT2D eigenvalue weighted by Gasteiger charge is -2.31. The first-order chi connectivity index (χ1) is 19.9. The van der Waals surface area contributed by atoms with Gasteiger partial charge in [0, 0.05) is 36.9 Å². The van der Waals surface area contributed by atoms with Crippen LogP contribution in [0.15, 0.2) is 30.0 Å². The predicted octanol–water partition coefficient (Wildman–Crippen LogP) is 4.92. The molecule has 218 valence electrons. The fourth-order valence-electron chi connectivity index (χ4n) is 6.98. The number of hydrogen-bond donors (Lipinski definition) is 2. The van der Waals surface area contributed by atoms with Gasteiger partial charge in [0.15, 0.2) is 5.82 Å². The number of ether oxygens (including phenoxy) is 1. The molecule has 1 amide bonds. The molecule has 1 aromatic heterocycles. The maximum absolute atomic E-state index is 13.4. The molecule has 3 heterocycles. The molecule has 1 spiro atoms. The van der Waals surface area contributed by atoms with Crippen molar-refractivity contribution in [1.82, 2.24) is 20.2 Å². The van der Waals surface area contributed by atoms with Crippen molar-refractivity contribution in [1.29, 1.82) is 0 Å². The Morgan fingerprint density at radius 1 is 1.07 bits per heavy atom. The first-order valence-electron chi connectivity index (χ1n) is 15.5. The van der Waals surface area contributed by atoms with E-state index in [4.69, 9.17) is 9.72 Å². The second-order valence-electron chi connectivity index (χ2n) is 12.9. The van der Waals surface area contributed by atoms with E-state index in [1.807, 2.05) is 13.2 Å². The van der Waals surface area contributed by atoms with Crippen molar-refractivity contribution in [3.8, 4) is 5.75 Å². The molecule has 2 N–H and O–H groups in total. The van der Waals surface area contributed by atoms with Crippen LogP contribution in [0.4, 0.5) is 23.1 Å². The van der Waals surface area contributed by atoms with E-state index in [-0.39, 0.29) is 11.3 Å². The van der Waals surface area contributed by atoms with Crippen LogP contribution in [-0.2, 0) is 4.79 Å². The second-order valence-corrected chi connectivity index (χ2v) is 12.9. The largest absolute Gasteiger partial charge is 0.495 e. The summed E-state index contributed by atoms with van der Waals surface area (Å²) in [6.45, 7) is 3.02. The molecule has 4 fully saturated rings. The third-order valence-electron chi connectivity index (χ3n) is 9.89. The molecule has 9 nitrogen and oxygen atoms in total. The van der Waals surface area contributed by atoms with Crippen LogP contribution in [0.1, 0.15) is 69.8 Å². The number of anilines is 4. The Morgan fingerprint density at radius 2 is 1.83 bits per heavy atom. The van der Waals surface area contributed by atoms with Crippen LogP contribution in [-0.4, -0.2) is 73.7 Å². The monoisotopic (exact) mass is 557 g/mol. The number of amides is 1. The summed E-state index contributed by atoms with van der Waals surface area (Å²) in [4.78, 5) is 29.7. The highest BCUT2D eigenvalue weighted by Gasteiger charge is 2.55. The predicted molar refractivity (Wildman–Crippen MR) is 163 cm³/mol. The number of methoxy groups -OCH3 is 1. The quantitative estimate of drug-likeness (QED) is 0.496. The number of aromatic nitrogens is 2. The molecular weight excluding hydrogens is 514 g/mol. The summed E-state index contributed by atoms with van der Waals surface area (Å²) in [5.41, 5.74) is 5.32. The molecule has 3 saturated carbocycles. The lowest BCUT2D eigenvalue weighted by molar-refractivity contribution is -0.122. The van der Waals surface area contributed by atoms with E-state index in [1.54, 1.807) is 12.0 Å². The SMILES string of the molecule is COc1cc(C(NC2CCN(C)CC2)=C2CC2)ccc1Nc1ncc2c(n1)N(C1CCCC1)CC1(CC1)C(=O)N2C. The summed E-state index contributed by atoms with van der Waals surface area (Å²) in [5, 5.41) is 7.33. The van der Waals surface area contributed by atoms with Gasteiger partial charge >= 0.3 is 0 Å². The number of hydrogen-bond acceptors (Lipinski definition) is 8. The summed E-state index contributed by atoms with van der Waals surface area (Å²) < 4.78 is 5.88. The summed E-state index contributed by atoms with van der Waals surface area (Å²) >= 11 is 0. The molecule has 0 unspecified atom stereocenters. The number of fused-ring (bicyclic) bond motifs is 1. The van der Waals surface area contributed by atoms with Crippen molar-refractivity contribution >= 4 is 34.7 Å². The Bertz CT molecular complexity index is 1350. The molecule has 41 heavy (non-hydrogen) atoms. The maximum atomic E-state index is 13.4. The van der Waals surface area contributed by atoms with E-state index >= 15 is 0 Å². The minimum atomic E-state index is -0.264. The Kier molecular flexibility index (Phi) is 6.80. The smallest absolute Gasteiger partial charge is 0.234 e. The van der Waals surface area contributed by atoms with Crippen LogP contribution >= 0.6 is 0 Å². The van der Waals surface area contributed by atoms with Gasteiger partial charge in [-0.1, -0.05) is 18.9 Å². The Labute approximate surface area is 243 Å². The normalized spacial score (nSPS) is 22.5. The number of piperidine rings is 1. The van der Waals surface area contributed by atoms with Crippen molar-refractivity contribution in [3.63, 3.8) is 0 Å². The number of likely N-dealkylation sites (tertiary alicyclic amines) is 1. The first-order valence-corrected chi connectivity index (χ1v) is 15.5. The van der Waals surface area contributed by atoms with Crippen LogP contribution in [0.3, 0.4) is 0 Å². The number of rotatable bonds is 7. The molecule has 1 aromatic carbocycles. The zero-order valence-corrected chi connectivity index (χ0v) is 24.7. The number of nitrogens with zero attached hydrogens (tertiary/aromatic N) is 5. The van der Waals surface area contributed by atoms with Gasteiger partial charge in [0.2, 0.25) is 11.9 Å². The van der Waals surface area contributed by atoms with Gasteiger partial charge < -0.3 is 30.1 Å². The molecule has 1 saturated heterocycles. The Hall–Kier alpha value is -3.33. The molecule has 2 aromatic rings. The van der Waals surface area contributed by atoms with Crippen molar-refractivity contribution in [3.05, 3.63) is 35.5 Å². The molecular formula is C32H43N7O2. The Balaban J connectivity index is 1.16. The van der Waals surface area contributed by atoms with Gasteiger partial charge in [-0.2, -0.15) is 4.98 Å². The zero-order valence-electron chi connectivity index (χ0n) is 24.7. The van der Waals surface area contributed by atoms with Crippen LogP contribution < -0.4 is 25.2 Å². The van der Waals surface area contributed by atoms with Crippen molar-refractivity contribution in [2.24, 2.45) is 5.41 Å². The highest BCUT2D eigenvalue weighted by molar-refractivity contribution is 6.02. The molecule has 2 aliphatic heterocycles. The van der Waals surface area contributed by atoms with Crippen LogP contribution in [0.25, 0.3) is 5.70 Å². The van der Waals surface area contributed by atoms with Crippen molar-refractivity contribution in [2.45, 2.75) is 76.3 Å². The first kappa shape index (κ1) is 26.6. The average molecular weight is 558 g/mol. The van der Waals surface area contributed by atoms with E-state index in [0.717, 1.165) is 81.1 Å². The highest BCUT2D eigenvalue weighted by Crippen LogP contribution is 2.52. The second kappa shape index (κ2) is 10.5. The molecule has 7 rings (SSSR count). The minimum absolute atomic E-state index is 0.204. The molecule has 0 atom stereocenters. The average Bonchev–Trinajstić information content (AvgIpc) is 3.93. The third-order valence-corrected chi connectivity index (χ3v) is 9.89. The fourth-order valence-corrected chi connectivity index (χ4v) is 6.98. The molecule has 0 bridgehead atoms. The van der Waals surface area contributed by atoms with Crippen molar-refractivity contribution in [2.75, 3.05) is 56.0 Å².